The largest absolute Gasteiger partial charge is 0.457 e. The maximum Gasteiger partial charge on any atom is 0.357 e. The summed E-state index contributed by atoms with van der Waals surface area (Å²) < 4.78 is 5.61. The van der Waals surface area contributed by atoms with Gasteiger partial charge in [-0.15, -0.1) is 0 Å². The zero-order valence-corrected chi connectivity index (χ0v) is 13.2. The molecule has 0 saturated heterocycles. The predicted molar refractivity (Wildman–Crippen MR) is 92.4 cm³/mol. The van der Waals surface area contributed by atoms with Crippen LogP contribution in [0.4, 0.5) is 5.69 Å². The van der Waals surface area contributed by atoms with Crippen molar-refractivity contribution < 1.29 is 9.34 Å². The van der Waals surface area contributed by atoms with E-state index in [4.69, 9.17) is 16.0 Å². The quantitative estimate of drug-likeness (QED) is 0.547. The Bertz CT molecular complexity index is 1080. The minimum absolute atomic E-state index is 0.219. The van der Waals surface area contributed by atoms with Gasteiger partial charge < -0.3 is 9.40 Å². The first-order chi connectivity index (χ1) is 11.9. The molecule has 0 amide bonds. The standard InChI is InChI=1S/C16H10ClN3O5/c17-10-3-1-9(2-4-10)13-8-6-11(25-13)5-7-12-14(20(23)24)15(21)19-16(22)18-12/h1-8H,(H2,18,19,21,22)/b7-5+. The van der Waals surface area contributed by atoms with E-state index in [9.17, 15) is 19.7 Å². The Hall–Kier alpha value is -3.39. The van der Waals surface area contributed by atoms with Crippen LogP contribution in [-0.4, -0.2) is 14.9 Å². The third-order valence-corrected chi connectivity index (χ3v) is 3.55. The third kappa shape index (κ3) is 3.59. The summed E-state index contributed by atoms with van der Waals surface area (Å²) in [6.45, 7) is 0. The normalized spacial score (nSPS) is 11.1. The van der Waals surface area contributed by atoms with Crippen molar-refractivity contribution in [2.75, 3.05) is 0 Å². The van der Waals surface area contributed by atoms with Crippen molar-refractivity contribution in [1.29, 1.82) is 0 Å². The van der Waals surface area contributed by atoms with Crippen molar-refractivity contribution in [3.63, 3.8) is 0 Å². The second-order valence-corrected chi connectivity index (χ2v) is 5.41. The minimum atomic E-state index is -1.07. The van der Waals surface area contributed by atoms with E-state index in [1.807, 2.05) is 4.98 Å². The van der Waals surface area contributed by atoms with Gasteiger partial charge in [0.05, 0.1) is 4.92 Å². The molecule has 2 aromatic heterocycles. The van der Waals surface area contributed by atoms with E-state index in [-0.39, 0.29) is 5.69 Å². The molecule has 8 nitrogen and oxygen atoms in total. The predicted octanol–water partition coefficient (Wildman–Crippen LogP) is 3.06. The number of rotatable bonds is 4. The van der Waals surface area contributed by atoms with Crippen molar-refractivity contribution in [3.8, 4) is 11.3 Å². The number of hydrogen-bond acceptors (Lipinski definition) is 5. The Morgan fingerprint density at radius 3 is 2.44 bits per heavy atom. The Morgan fingerprint density at radius 1 is 1.04 bits per heavy atom. The van der Waals surface area contributed by atoms with Gasteiger partial charge in [0, 0.05) is 10.6 Å². The fraction of sp³-hybridized carbons (Fsp3) is 0. The molecule has 0 aliphatic carbocycles. The van der Waals surface area contributed by atoms with E-state index in [1.165, 1.54) is 12.2 Å². The lowest BCUT2D eigenvalue weighted by molar-refractivity contribution is -0.386. The first-order valence-electron chi connectivity index (χ1n) is 6.99. The van der Waals surface area contributed by atoms with Crippen LogP contribution in [0.15, 0.2) is 50.4 Å². The summed E-state index contributed by atoms with van der Waals surface area (Å²) in [5.41, 5.74) is -2.07. The molecule has 126 valence electrons. The van der Waals surface area contributed by atoms with Crippen molar-refractivity contribution in [2.45, 2.75) is 0 Å². The zero-order chi connectivity index (χ0) is 18.0. The van der Waals surface area contributed by atoms with Crippen molar-refractivity contribution in [3.05, 3.63) is 83.8 Å². The summed E-state index contributed by atoms with van der Waals surface area (Å²) in [5.74, 6) is 0.964. The van der Waals surface area contributed by atoms with Crippen LogP contribution in [-0.2, 0) is 0 Å². The van der Waals surface area contributed by atoms with Gasteiger partial charge in [0.15, 0.2) is 0 Å². The topological polar surface area (TPSA) is 122 Å². The summed E-state index contributed by atoms with van der Waals surface area (Å²) in [6.07, 6.45) is 2.65. The Labute approximate surface area is 144 Å². The van der Waals surface area contributed by atoms with Gasteiger partial charge >= 0.3 is 16.9 Å². The average Bonchev–Trinajstić information content (AvgIpc) is 3.01. The van der Waals surface area contributed by atoms with E-state index in [1.54, 1.807) is 36.4 Å². The number of nitrogens with zero attached hydrogens (tertiary/aromatic N) is 1. The maximum absolute atomic E-state index is 11.5. The molecule has 0 bridgehead atoms. The van der Waals surface area contributed by atoms with Crippen LogP contribution >= 0.6 is 11.6 Å². The molecule has 9 heteroatoms. The molecule has 0 aliphatic heterocycles. The van der Waals surface area contributed by atoms with E-state index in [0.717, 1.165) is 5.56 Å². The molecule has 0 spiro atoms. The Kier molecular flexibility index (Phi) is 4.36. The highest BCUT2D eigenvalue weighted by atomic mass is 35.5. The molecular formula is C16H10ClN3O5. The molecule has 0 fully saturated rings. The number of hydrogen-bond donors (Lipinski definition) is 2. The van der Waals surface area contributed by atoms with E-state index >= 15 is 0 Å². The molecule has 3 rings (SSSR count). The highest BCUT2D eigenvalue weighted by Crippen LogP contribution is 2.24. The Morgan fingerprint density at radius 2 is 1.76 bits per heavy atom. The molecule has 0 radical (unpaired) electrons. The number of H-pyrrole nitrogens is 2. The summed E-state index contributed by atoms with van der Waals surface area (Å²) in [5, 5.41) is 11.6. The third-order valence-electron chi connectivity index (χ3n) is 3.30. The first-order valence-corrected chi connectivity index (χ1v) is 7.36. The van der Waals surface area contributed by atoms with Gasteiger partial charge in [-0.05, 0) is 48.6 Å². The molecule has 1 aromatic carbocycles. The molecule has 0 atom stereocenters. The van der Waals surface area contributed by atoms with Gasteiger partial charge in [0.25, 0.3) is 0 Å². The molecule has 0 aliphatic rings. The lowest BCUT2D eigenvalue weighted by atomic mass is 10.2. The van der Waals surface area contributed by atoms with Crippen LogP contribution in [0.5, 0.6) is 0 Å². The highest BCUT2D eigenvalue weighted by molar-refractivity contribution is 6.30. The number of nitrogens with one attached hydrogen (secondary N) is 2. The molecule has 3 aromatic rings. The van der Waals surface area contributed by atoms with Gasteiger partial charge in [-0.2, -0.15) is 0 Å². The van der Waals surface area contributed by atoms with Crippen LogP contribution in [0.1, 0.15) is 11.5 Å². The van der Waals surface area contributed by atoms with E-state index in [2.05, 4.69) is 4.98 Å². The van der Waals surface area contributed by atoms with Crippen LogP contribution < -0.4 is 11.2 Å². The van der Waals surface area contributed by atoms with Gasteiger partial charge in [-0.25, -0.2) is 4.79 Å². The van der Waals surface area contributed by atoms with E-state index in [0.29, 0.717) is 16.5 Å². The summed E-state index contributed by atoms with van der Waals surface area (Å²) in [7, 11) is 0. The molecule has 0 unspecified atom stereocenters. The van der Waals surface area contributed by atoms with Gasteiger partial charge in [0.1, 0.15) is 17.2 Å². The lowest BCUT2D eigenvalue weighted by Gasteiger charge is -1.97. The van der Waals surface area contributed by atoms with Crippen LogP contribution in [0.2, 0.25) is 5.02 Å². The zero-order valence-electron chi connectivity index (χ0n) is 12.5. The number of aromatic nitrogens is 2. The first kappa shape index (κ1) is 16.5. The maximum atomic E-state index is 11.5. The molecule has 2 N–H and O–H groups in total. The molecule has 0 saturated carbocycles. The van der Waals surface area contributed by atoms with Crippen molar-refractivity contribution in [2.24, 2.45) is 0 Å². The molecule has 25 heavy (non-hydrogen) atoms. The molecular weight excluding hydrogens is 350 g/mol. The number of furan rings is 1. The monoisotopic (exact) mass is 359 g/mol. The summed E-state index contributed by atoms with van der Waals surface area (Å²) in [4.78, 5) is 37.0. The number of nitro groups is 1. The highest BCUT2D eigenvalue weighted by Gasteiger charge is 2.18. The second kappa shape index (κ2) is 6.62. The number of halogens is 1. The van der Waals surface area contributed by atoms with Gasteiger partial charge in [-0.1, -0.05) is 11.6 Å². The van der Waals surface area contributed by atoms with Gasteiger partial charge in [0.2, 0.25) is 0 Å². The SMILES string of the molecule is O=c1[nH]c(/C=C/c2ccc(-c3ccc(Cl)cc3)o2)c([N+](=O)[O-])c(=O)[nH]1. The lowest BCUT2D eigenvalue weighted by Crippen LogP contribution is -2.25. The van der Waals surface area contributed by atoms with Crippen molar-refractivity contribution in [1.82, 2.24) is 9.97 Å². The Balaban J connectivity index is 1.94. The summed E-state index contributed by atoms with van der Waals surface area (Å²) in [6, 6.07) is 10.4. The van der Waals surface area contributed by atoms with Crippen LogP contribution in [0.3, 0.4) is 0 Å². The number of aromatic amines is 2. The average molecular weight is 360 g/mol. The summed E-state index contributed by atoms with van der Waals surface area (Å²) >= 11 is 5.83. The van der Waals surface area contributed by atoms with Crippen LogP contribution in [0.25, 0.3) is 23.5 Å². The second-order valence-electron chi connectivity index (χ2n) is 4.97. The van der Waals surface area contributed by atoms with Crippen molar-refractivity contribution >= 4 is 29.4 Å². The number of benzene rings is 1. The van der Waals surface area contributed by atoms with E-state index < -0.39 is 21.9 Å². The molecule has 2 heterocycles. The smallest absolute Gasteiger partial charge is 0.357 e. The fourth-order valence-electron chi connectivity index (χ4n) is 2.18. The van der Waals surface area contributed by atoms with Crippen LogP contribution in [0, 0.1) is 10.1 Å². The minimum Gasteiger partial charge on any atom is -0.457 e. The fourth-order valence-corrected chi connectivity index (χ4v) is 2.30. The van der Waals surface area contributed by atoms with Gasteiger partial charge in [-0.3, -0.25) is 19.9 Å².